The molecule has 7 nitrogen and oxygen atoms in total. The highest BCUT2D eigenvalue weighted by molar-refractivity contribution is 7.90. The minimum absolute atomic E-state index is 0.106. The van der Waals surface area contributed by atoms with Gasteiger partial charge >= 0.3 is 11.9 Å². The highest BCUT2D eigenvalue weighted by atomic mass is 32.2. The molecule has 2 N–H and O–H groups in total. The number of rotatable bonds is 7. The molecule has 0 spiro atoms. The van der Waals surface area contributed by atoms with Crippen molar-refractivity contribution in [2.45, 2.75) is 51.0 Å². The molecule has 116 valence electrons. The average molecular weight is 307 g/mol. The van der Waals surface area contributed by atoms with Gasteiger partial charge in [-0.1, -0.05) is 19.3 Å². The van der Waals surface area contributed by atoms with E-state index in [2.05, 4.69) is 9.46 Å². The van der Waals surface area contributed by atoms with Crippen LogP contribution in [0, 0.1) is 0 Å². The zero-order chi connectivity index (χ0) is 15.2. The number of carboxylic acid groups (broad SMARTS) is 1. The maximum atomic E-state index is 12.0. The molecule has 0 aromatic rings. The number of hydrogen-bond acceptors (Lipinski definition) is 5. The predicted molar refractivity (Wildman–Crippen MR) is 71.6 cm³/mol. The lowest BCUT2D eigenvalue weighted by atomic mass is 9.80. The third-order valence-electron chi connectivity index (χ3n) is 3.29. The Morgan fingerprint density at radius 3 is 2.35 bits per heavy atom. The van der Waals surface area contributed by atoms with Crippen molar-refractivity contribution in [3.8, 4) is 0 Å². The van der Waals surface area contributed by atoms with Gasteiger partial charge in [-0.25, -0.2) is 13.1 Å². The second-order valence-corrected chi connectivity index (χ2v) is 6.80. The molecule has 0 radical (unpaired) electrons. The van der Waals surface area contributed by atoms with Crippen LogP contribution in [-0.4, -0.2) is 43.4 Å². The number of carboxylic acids is 1. The molecule has 0 bridgehead atoms. The number of carbonyl (C=O) groups excluding carboxylic acids is 1. The number of aliphatic carboxylic acids is 1. The summed E-state index contributed by atoms with van der Waals surface area (Å²) in [7, 11) is -3.89. The van der Waals surface area contributed by atoms with E-state index in [1.54, 1.807) is 6.92 Å². The van der Waals surface area contributed by atoms with Gasteiger partial charge in [0.05, 0.1) is 13.0 Å². The standard InChI is InChI=1S/C12H21NO6S/c1-2-19-11(16)9-20(17,18)13-12(8-10(14)15)6-4-3-5-7-12/h13H,2-9H2,1H3,(H,14,15). The van der Waals surface area contributed by atoms with Gasteiger partial charge in [-0.3, -0.25) is 9.59 Å². The quantitative estimate of drug-likeness (QED) is 0.668. The number of nitrogens with one attached hydrogen (secondary N) is 1. The lowest BCUT2D eigenvalue weighted by Gasteiger charge is -2.36. The maximum absolute atomic E-state index is 12.0. The van der Waals surface area contributed by atoms with Crippen molar-refractivity contribution in [1.82, 2.24) is 4.72 Å². The fourth-order valence-corrected chi connectivity index (χ4v) is 3.96. The summed E-state index contributed by atoms with van der Waals surface area (Å²) in [5.41, 5.74) is -0.977. The number of hydrogen-bond donors (Lipinski definition) is 2. The summed E-state index contributed by atoms with van der Waals surface area (Å²) in [6.45, 7) is 1.69. The fraction of sp³-hybridized carbons (Fsp3) is 0.833. The number of ether oxygens (including phenoxy) is 1. The first-order valence-corrected chi connectivity index (χ1v) is 8.33. The molecule has 0 aromatic carbocycles. The molecule has 1 aliphatic carbocycles. The van der Waals surface area contributed by atoms with Crippen LogP contribution in [0.3, 0.4) is 0 Å². The summed E-state index contributed by atoms with van der Waals surface area (Å²) in [6, 6.07) is 0. The van der Waals surface area contributed by atoms with E-state index in [0.29, 0.717) is 12.8 Å². The molecular weight excluding hydrogens is 286 g/mol. The van der Waals surface area contributed by atoms with Crippen molar-refractivity contribution < 1.29 is 27.9 Å². The van der Waals surface area contributed by atoms with Gasteiger partial charge in [-0.2, -0.15) is 0 Å². The maximum Gasteiger partial charge on any atom is 0.322 e. The van der Waals surface area contributed by atoms with Gasteiger partial charge in [0.1, 0.15) is 0 Å². The number of sulfonamides is 1. The highest BCUT2D eigenvalue weighted by Gasteiger charge is 2.38. The largest absolute Gasteiger partial charge is 0.481 e. The van der Waals surface area contributed by atoms with Crippen LogP contribution in [0.1, 0.15) is 45.4 Å². The molecule has 0 atom stereocenters. The SMILES string of the molecule is CCOC(=O)CS(=O)(=O)NC1(CC(=O)O)CCCCC1. The molecule has 1 fully saturated rings. The van der Waals surface area contributed by atoms with Gasteiger partial charge in [-0.15, -0.1) is 0 Å². The van der Waals surface area contributed by atoms with Gasteiger partial charge in [-0.05, 0) is 19.8 Å². The topological polar surface area (TPSA) is 110 Å². The van der Waals surface area contributed by atoms with Crippen LogP contribution in [0.25, 0.3) is 0 Å². The molecule has 0 aliphatic heterocycles. The van der Waals surface area contributed by atoms with Crippen LogP contribution in [0.2, 0.25) is 0 Å². The molecular formula is C12H21NO6S. The molecule has 0 amide bonds. The second-order valence-electron chi connectivity index (χ2n) is 5.08. The van der Waals surface area contributed by atoms with Crippen LogP contribution in [0.15, 0.2) is 0 Å². The zero-order valence-corrected chi connectivity index (χ0v) is 12.4. The predicted octanol–water partition coefficient (Wildman–Crippen LogP) is 0.646. The van der Waals surface area contributed by atoms with Crippen LogP contribution in [0.5, 0.6) is 0 Å². The molecule has 8 heteroatoms. The molecule has 1 aliphatic rings. The summed E-state index contributed by atoms with van der Waals surface area (Å²) in [5.74, 6) is -2.66. The molecule has 0 unspecified atom stereocenters. The zero-order valence-electron chi connectivity index (χ0n) is 11.6. The van der Waals surface area contributed by atoms with Crippen molar-refractivity contribution >= 4 is 22.0 Å². The molecule has 1 rings (SSSR count). The van der Waals surface area contributed by atoms with Gasteiger partial charge < -0.3 is 9.84 Å². The van der Waals surface area contributed by atoms with Crippen LogP contribution >= 0.6 is 0 Å². The summed E-state index contributed by atoms with van der Waals surface area (Å²) >= 11 is 0. The first-order chi connectivity index (χ1) is 9.29. The summed E-state index contributed by atoms with van der Waals surface area (Å²) in [5, 5.41) is 8.97. The Balaban J connectivity index is 2.77. The summed E-state index contributed by atoms with van der Waals surface area (Å²) < 4.78 is 31.0. The highest BCUT2D eigenvalue weighted by Crippen LogP contribution is 2.31. The fourth-order valence-electron chi connectivity index (χ4n) is 2.56. The summed E-state index contributed by atoms with van der Waals surface area (Å²) in [6.07, 6.45) is 3.18. The Morgan fingerprint density at radius 2 is 1.85 bits per heavy atom. The first kappa shape index (κ1) is 16.9. The van der Waals surface area contributed by atoms with Crippen molar-refractivity contribution in [3.63, 3.8) is 0 Å². The Morgan fingerprint density at radius 1 is 1.25 bits per heavy atom. The number of esters is 1. The molecule has 0 heterocycles. The van der Waals surface area contributed by atoms with E-state index in [0.717, 1.165) is 19.3 Å². The van der Waals surface area contributed by atoms with Gasteiger partial charge in [0.2, 0.25) is 10.0 Å². The van der Waals surface area contributed by atoms with Crippen LogP contribution in [0.4, 0.5) is 0 Å². The van der Waals surface area contributed by atoms with Crippen LogP contribution < -0.4 is 4.72 Å². The van der Waals surface area contributed by atoms with E-state index in [-0.39, 0.29) is 13.0 Å². The van der Waals surface area contributed by atoms with E-state index in [1.807, 2.05) is 0 Å². The van der Waals surface area contributed by atoms with E-state index < -0.39 is 33.3 Å². The Kier molecular flexibility index (Phi) is 5.94. The van der Waals surface area contributed by atoms with Gasteiger partial charge in [0, 0.05) is 5.54 Å². The van der Waals surface area contributed by atoms with E-state index in [9.17, 15) is 18.0 Å². The lowest BCUT2D eigenvalue weighted by Crippen LogP contribution is -2.52. The summed E-state index contributed by atoms with van der Waals surface area (Å²) in [4.78, 5) is 22.2. The minimum Gasteiger partial charge on any atom is -0.481 e. The van der Waals surface area contributed by atoms with E-state index in [4.69, 9.17) is 5.11 Å². The monoisotopic (exact) mass is 307 g/mol. The van der Waals surface area contributed by atoms with Gasteiger partial charge in [0.25, 0.3) is 0 Å². The Bertz CT molecular complexity index is 453. The van der Waals surface area contributed by atoms with Crippen molar-refractivity contribution in [1.29, 1.82) is 0 Å². The lowest BCUT2D eigenvalue weighted by molar-refractivity contribution is -0.140. The Labute approximate surface area is 118 Å². The molecule has 20 heavy (non-hydrogen) atoms. The first-order valence-electron chi connectivity index (χ1n) is 6.68. The second kappa shape index (κ2) is 7.03. The Hall–Kier alpha value is -1.15. The van der Waals surface area contributed by atoms with Crippen molar-refractivity contribution in [2.75, 3.05) is 12.4 Å². The van der Waals surface area contributed by atoms with Crippen molar-refractivity contribution in [3.05, 3.63) is 0 Å². The van der Waals surface area contributed by atoms with Crippen LogP contribution in [-0.2, 0) is 24.3 Å². The average Bonchev–Trinajstić information content (AvgIpc) is 2.26. The third kappa shape index (κ3) is 5.46. The molecule has 1 saturated carbocycles. The van der Waals surface area contributed by atoms with E-state index >= 15 is 0 Å². The van der Waals surface area contributed by atoms with E-state index in [1.165, 1.54) is 0 Å². The number of carbonyl (C=O) groups is 2. The van der Waals surface area contributed by atoms with Gasteiger partial charge in [0.15, 0.2) is 5.75 Å². The molecule has 0 aromatic heterocycles. The normalized spacial score (nSPS) is 18.4. The molecule has 0 saturated heterocycles. The smallest absolute Gasteiger partial charge is 0.322 e. The minimum atomic E-state index is -3.89. The van der Waals surface area contributed by atoms with Crippen molar-refractivity contribution in [2.24, 2.45) is 0 Å². The third-order valence-corrected chi connectivity index (χ3v) is 4.65.